The van der Waals surface area contributed by atoms with Crippen LogP contribution in [0.2, 0.25) is 0 Å². The van der Waals surface area contributed by atoms with Gasteiger partial charge in [0.25, 0.3) is 0 Å². The second-order valence-electron chi connectivity index (χ2n) is 5.72. The van der Waals surface area contributed by atoms with Gasteiger partial charge in [-0.2, -0.15) is 0 Å². The Balaban J connectivity index is 1.79. The first-order chi connectivity index (χ1) is 8.77. The molecule has 0 aromatic carbocycles. The van der Waals surface area contributed by atoms with E-state index in [1.807, 2.05) is 0 Å². The number of hydrogen-bond donors (Lipinski definition) is 2. The summed E-state index contributed by atoms with van der Waals surface area (Å²) in [5, 5.41) is 12.7. The van der Waals surface area contributed by atoms with Crippen LogP contribution in [0.3, 0.4) is 0 Å². The van der Waals surface area contributed by atoms with Gasteiger partial charge in [0.1, 0.15) is 0 Å². The van der Waals surface area contributed by atoms with Crippen LogP contribution < -0.4 is 5.32 Å². The lowest BCUT2D eigenvalue weighted by molar-refractivity contribution is -0.142. The van der Waals surface area contributed by atoms with Crippen molar-refractivity contribution in [1.82, 2.24) is 5.32 Å². The SMILES string of the molecule is O=C(O)C1CCCC1CNC1/C=C/CCCCC1. The largest absolute Gasteiger partial charge is 0.481 e. The summed E-state index contributed by atoms with van der Waals surface area (Å²) in [5.74, 6) is -0.385. The molecule has 0 aromatic heterocycles. The topological polar surface area (TPSA) is 49.3 Å². The van der Waals surface area contributed by atoms with Crippen LogP contribution in [0.5, 0.6) is 0 Å². The van der Waals surface area contributed by atoms with E-state index in [-0.39, 0.29) is 5.92 Å². The highest BCUT2D eigenvalue weighted by Gasteiger charge is 2.32. The van der Waals surface area contributed by atoms with E-state index >= 15 is 0 Å². The number of carboxylic acid groups (broad SMARTS) is 1. The molecule has 1 fully saturated rings. The molecule has 0 radical (unpaired) electrons. The van der Waals surface area contributed by atoms with E-state index in [0.717, 1.165) is 25.8 Å². The minimum absolute atomic E-state index is 0.116. The lowest BCUT2D eigenvalue weighted by Gasteiger charge is -2.21. The van der Waals surface area contributed by atoms with Crippen molar-refractivity contribution in [1.29, 1.82) is 0 Å². The third kappa shape index (κ3) is 3.84. The van der Waals surface area contributed by atoms with Gasteiger partial charge in [-0.05, 0) is 44.6 Å². The zero-order valence-electron chi connectivity index (χ0n) is 11.1. The Morgan fingerprint density at radius 2 is 2.06 bits per heavy atom. The Kier molecular flexibility index (Phi) is 5.24. The number of allylic oxidation sites excluding steroid dienone is 1. The van der Waals surface area contributed by atoms with Crippen LogP contribution in [0, 0.1) is 11.8 Å². The molecule has 2 aliphatic rings. The maximum atomic E-state index is 11.1. The van der Waals surface area contributed by atoms with Crippen LogP contribution in [0.25, 0.3) is 0 Å². The summed E-state index contributed by atoms with van der Waals surface area (Å²) in [5.41, 5.74) is 0. The summed E-state index contributed by atoms with van der Waals surface area (Å²) in [6, 6.07) is 0.459. The number of carboxylic acids is 1. The number of nitrogens with one attached hydrogen (secondary N) is 1. The van der Waals surface area contributed by atoms with Crippen molar-refractivity contribution >= 4 is 5.97 Å². The lowest BCUT2D eigenvalue weighted by Crippen LogP contribution is -2.35. The zero-order chi connectivity index (χ0) is 12.8. The standard InChI is InChI=1S/C15H25NO2/c17-15(18)14-10-6-7-12(14)11-16-13-8-4-2-1-3-5-9-13/h4,8,12-14,16H,1-3,5-7,9-11H2,(H,17,18)/b8-4+. The van der Waals surface area contributed by atoms with Crippen molar-refractivity contribution < 1.29 is 9.90 Å². The Morgan fingerprint density at radius 1 is 1.17 bits per heavy atom. The van der Waals surface area contributed by atoms with E-state index in [0.29, 0.717) is 12.0 Å². The van der Waals surface area contributed by atoms with Gasteiger partial charge < -0.3 is 10.4 Å². The van der Waals surface area contributed by atoms with Crippen LogP contribution in [-0.2, 0) is 4.79 Å². The van der Waals surface area contributed by atoms with Gasteiger partial charge in [-0.1, -0.05) is 31.4 Å². The predicted molar refractivity (Wildman–Crippen MR) is 72.5 cm³/mol. The maximum Gasteiger partial charge on any atom is 0.306 e. The number of hydrogen-bond acceptors (Lipinski definition) is 2. The van der Waals surface area contributed by atoms with Gasteiger partial charge in [0, 0.05) is 6.04 Å². The fourth-order valence-electron chi connectivity index (χ4n) is 3.24. The fraction of sp³-hybridized carbons (Fsp3) is 0.800. The Bertz CT molecular complexity index is 301. The van der Waals surface area contributed by atoms with Crippen LogP contribution in [-0.4, -0.2) is 23.7 Å². The first kappa shape index (κ1) is 13.6. The summed E-state index contributed by atoms with van der Waals surface area (Å²) in [7, 11) is 0. The number of carbonyl (C=O) groups is 1. The van der Waals surface area contributed by atoms with Crippen molar-refractivity contribution in [2.24, 2.45) is 11.8 Å². The molecule has 0 amide bonds. The van der Waals surface area contributed by atoms with Crippen molar-refractivity contribution in [3.05, 3.63) is 12.2 Å². The average Bonchev–Trinajstić information content (AvgIpc) is 2.76. The minimum atomic E-state index is -0.604. The van der Waals surface area contributed by atoms with Crippen molar-refractivity contribution in [2.75, 3.05) is 6.54 Å². The monoisotopic (exact) mass is 251 g/mol. The third-order valence-corrected chi connectivity index (χ3v) is 4.37. The van der Waals surface area contributed by atoms with Gasteiger partial charge in [0.2, 0.25) is 0 Å². The molecule has 0 bridgehead atoms. The average molecular weight is 251 g/mol. The zero-order valence-corrected chi connectivity index (χ0v) is 11.1. The number of aliphatic carboxylic acids is 1. The highest BCUT2D eigenvalue weighted by atomic mass is 16.4. The van der Waals surface area contributed by atoms with E-state index in [2.05, 4.69) is 17.5 Å². The molecule has 2 rings (SSSR count). The Hall–Kier alpha value is -0.830. The predicted octanol–water partition coefficient (Wildman–Crippen LogP) is 2.97. The summed E-state index contributed by atoms with van der Waals surface area (Å²) < 4.78 is 0. The first-order valence-electron chi connectivity index (χ1n) is 7.40. The molecule has 3 nitrogen and oxygen atoms in total. The maximum absolute atomic E-state index is 11.1. The molecule has 0 aliphatic heterocycles. The smallest absolute Gasteiger partial charge is 0.306 e. The molecule has 0 aromatic rings. The lowest BCUT2D eigenvalue weighted by atomic mass is 9.95. The van der Waals surface area contributed by atoms with Gasteiger partial charge in [-0.3, -0.25) is 4.79 Å². The first-order valence-corrected chi connectivity index (χ1v) is 7.40. The molecule has 0 heterocycles. The Morgan fingerprint density at radius 3 is 2.89 bits per heavy atom. The third-order valence-electron chi connectivity index (χ3n) is 4.37. The van der Waals surface area contributed by atoms with Gasteiger partial charge in [-0.15, -0.1) is 0 Å². The second-order valence-corrected chi connectivity index (χ2v) is 5.72. The molecule has 18 heavy (non-hydrogen) atoms. The van der Waals surface area contributed by atoms with Gasteiger partial charge >= 0.3 is 5.97 Å². The van der Waals surface area contributed by atoms with Crippen LogP contribution in [0.15, 0.2) is 12.2 Å². The molecule has 3 unspecified atom stereocenters. The highest BCUT2D eigenvalue weighted by molar-refractivity contribution is 5.70. The highest BCUT2D eigenvalue weighted by Crippen LogP contribution is 2.31. The van der Waals surface area contributed by atoms with E-state index in [4.69, 9.17) is 5.11 Å². The fourth-order valence-corrected chi connectivity index (χ4v) is 3.24. The summed E-state index contributed by atoms with van der Waals surface area (Å²) in [4.78, 5) is 11.1. The quantitative estimate of drug-likeness (QED) is 0.755. The molecule has 0 saturated heterocycles. The number of rotatable bonds is 4. The molecule has 3 heteroatoms. The van der Waals surface area contributed by atoms with E-state index in [1.165, 1.54) is 32.1 Å². The minimum Gasteiger partial charge on any atom is -0.481 e. The van der Waals surface area contributed by atoms with Gasteiger partial charge in [0.15, 0.2) is 0 Å². The Labute approximate surface area is 110 Å². The van der Waals surface area contributed by atoms with E-state index in [9.17, 15) is 4.79 Å². The molecule has 3 atom stereocenters. The summed E-state index contributed by atoms with van der Waals surface area (Å²) >= 11 is 0. The molecule has 102 valence electrons. The molecule has 1 saturated carbocycles. The summed E-state index contributed by atoms with van der Waals surface area (Å²) in [6.45, 7) is 0.867. The second kappa shape index (κ2) is 6.93. The van der Waals surface area contributed by atoms with Gasteiger partial charge in [-0.25, -0.2) is 0 Å². The van der Waals surface area contributed by atoms with E-state index < -0.39 is 5.97 Å². The van der Waals surface area contributed by atoms with E-state index in [1.54, 1.807) is 0 Å². The van der Waals surface area contributed by atoms with Crippen molar-refractivity contribution in [3.8, 4) is 0 Å². The normalized spacial score (nSPS) is 34.8. The molecule has 0 spiro atoms. The molecule has 2 aliphatic carbocycles. The van der Waals surface area contributed by atoms with Crippen LogP contribution in [0.4, 0.5) is 0 Å². The van der Waals surface area contributed by atoms with Gasteiger partial charge in [0.05, 0.1) is 5.92 Å². The van der Waals surface area contributed by atoms with Crippen LogP contribution >= 0.6 is 0 Å². The molecule has 2 N–H and O–H groups in total. The van der Waals surface area contributed by atoms with Crippen LogP contribution in [0.1, 0.15) is 51.4 Å². The molecular formula is C15H25NO2. The van der Waals surface area contributed by atoms with Crippen molar-refractivity contribution in [2.45, 2.75) is 57.4 Å². The summed E-state index contributed by atoms with van der Waals surface area (Å²) in [6.07, 6.45) is 13.9. The molecular weight excluding hydrogens is 226 g/mol. The van der Waals surface area contributed by atoms with Crippen molar-refractivity contribution in [3.63, 3.8) is 0 Å².